The van der Waals surface area contributed by atoms with E-state index in [1.807, 2.05) is 12.1 Å². The predicted octanol–water partition coefficient (Wildman–Crippen LogP) is 4.29. The molecular weight excluding hydrogens is 218 g/mol. The third-order valence-electron chi connectivity index (χ3n) is 3.41. The number of hydrogen-bond donors (Lipinski definition) is 1. The maximum atomic E-state index is 5.71. The molecule has 0 unspecified atom stereocenters. The largest absolute Gasteiger partial charge is 0.399 e. The molecule has 2 aromatic carbocycles. The molecule has 0 radical (unpaired) electrons. The van der Waals surface area contributed by atoms with Crippen molar-refractivity contribution >= 4 is 5.69 Å². The Morgan fingerprint density at radius 3 is 2.28 bits per heavy atom. The van der Waals surface area contributed by atoms with Gasteiger partial charge in [-0.15, -0.1) is 0 Å². The first-order valence-electron chi connectivity index (χ1n) is 6.50. The maximum Gasteiger partial charge on any atom is 0.0314 e. The molecule has 2 rings (SSSR count). The van der Waals surface area contributed by atoms with Crippen molar-refractivity contribution in [2.45, 2.75) is 33.1 Å². The van der Waals surface area contributed by atoms with Crippen LogP contribution in [0.3, 0.4) is 0 Å². The Morgan fingerprint density at radius 1 is 1.00 bits per heavy atom. The van der Waals surface area contributed by atoms with Crippen LogP contribution in [0.4, 0.5) is 5.69 Å². The Labute approximate surface area is 110 Å². The molecule has 1 nitrogen and oxygen atoms in total. The molecule has 0 aliphatic carbocycles. The van der Waals surface area contributed by atoms with E-state index in [4.69, 9.17) is 5.73 Å². The van der Waals surface area contributed by atoms with Gasteiger partial charge in [-0.1, -0.05) is 44.2 Å². The van der Waals surface area contributed by atoms with E-state index in [0.717, 1.165) is 12.1 Å². The molecule has 1 heteroatoms. The van der Waals surface area contributed by atoms with E-state index >= 15 is 0 Å². The molecule has 2 N–H and O–H groups in total. The van der Waals surface area contributed by atoms with Gasteiger partial charge in [-0.25, -0.2) is 0 Å². The van der Waals surface area contributed by atoms with E-state index in [0.29, 0.717) is 5.92 Å². The van der Waals surface area contributed by atoms with Gasteiger partial charge in [0.25, 0.3) is 0 Å². The normalized spacial score (nSPS) is 10.9. The predicted molar refractivity (Wildman–Crippen MR) is 78.9 cm³/mol. The summed E-state index contributed by atoms with van der Waals surface area (Å²) >= 11 is 0. The molecule has 0 bridgehead atoms. The number of anilines is 1. The summed E-state index contributed by atoms with van der Waals surface area (Å²) in [7, 11) is 0. The summed E-state index contributed by atoms with van der Waals surface area (Å²) in [6.07, 6.45) is 0.979. The number of aryl methyl sites for hydroxylation is 1. The van der Waals surface area contributed by atoms with Gasteiger partial charge in [-0.05, 0) is 53.6 Å². The van der Waals surface area contributed by atoms with E-state index in [-0.39, 0.29) is 0 Å². The number of benzene rings is 2. The number of nitrogen functional groups attached to an aromatic ring is 1. The third-order valence-corrected chi connectivity index (χ3v) is 3.41. The van der Waals surface area contributed by atoms with Gasteiger partial charge in [0.1, 0.15) is 0 Å². The Balaban J connectivity index is 2.27. The van der Waals surface area contributed by atoms with Crippen molar-refractivity contribution in [2.24, 2.45) is 0 Å². The third kappa shape index (κ3) is 2.92. The molecule has 0 aliphatic heterocycles. The lowest BCUT2D eigenvalue weighted by molar-refractivity contribution is 0.862. The SMILES string of the molecule is Cc1ccc(C(C)C)cc1Cc1ccc(N)cc1. The molecule has 0 amide bonds. The molecule has 0 aromatic heterocycles. The second-order valence-corrected chi connectivity index (χ2v) is 5.26. The van der Waals surface area contributed by atoms with Crippen LogP contribution < -0.4 is 5.73 Å². The number of nitrogens with two attached hydrogens (primary N) is 1. The van der Waals surface area contributed by atoms with Crippen molar-refractivity contribution in [3.05, 3.63) is 64.7 Å². The zero-order valence-electron chi connectivity index (χ0n) is 11.4. The Bertz CT molecular complexity index is 524. The van der Waals surface area contributed by atoms with Gasteiger partial charge in [0, 0.05) is 5.69 Å². The zero-order valence-corrected chi connectivity index (χ0v) is 11.4. The second kappa shape index (κ2) is 5.26. The van der Waals surface area contributed by atoms with Crippen LogP contribution in [-0.2, 0) is 6.42 Å². The summed E-state index contributed by atoms with van der Waals surface area (Å²) in [5, 5.41) is 0. The van der Waals surface area contributed by atoms with Crippen LogP contribution in [-0.4, -0.2) is 0 Å². The summed E-state index contributed by atoms with van der Waals surface area (Å²) in [6.45, 7) is 6.64. The van der Waals surface area contributed by atoms with Gasteiger partial charge in [0.2, 0.25) is 0 Å². The maximum absolute atomic E-state index is 5.71. The van der Waals surface area contributed by atoms with Crippen molar-refractivity contribution in [3.8, 4) is 0 Å². The second-order valence-electron chi connectivity index (χ2n) is 5.26. The molecule has 18 heavy (non-hydrogen) atoms. The first-order chi connectivity index (χ1) is 8.56. The first kappa shape index (κ1) is 12.7. The summed E-state index contributed by atoms with van der Waals surface area (Å²) < 4.78 is 0. The highest BCUT2D eigenvalue weighted by atomic mass is 14.5. The standard InChI is InChI=1S/C17H21N/c1-12(2)15-7-4-13(3)16(11-15)10-14-5-8-17(18)9-6-14/h4-9,11-12H,10,18H2,1-3H3. The van der Waals surface area contributed by atoms with E-state index < -0.39 is 0 Å². The zero-order chi connectivity index (χ0) is 13.1. The van der Waals surface area contributed by atoms with Crippen molar-refractivity contribution in [3.63, 3.8) is 0 Å². The number of rotatable bonds is 3. The van der Waals surface area contributed by atoms with Crippen LogP contribution in [0.2, 0.25) is 0 Å². The lowest BCUT2D eigenvalue weighted by atomic mass is 9.94. The van der Waals surface area contributed by atoms with Gasteiger partial charge >= 0.3 is 0 Å². The average molecular weight is 239 g/mol. The van der Waals surface area contributed by atoms with E-state index in [2.05, 4.69) is 51.1 Å². The van der Waals surface area contributed by atoms with Crippen LogP contribution in [0.5, 0.6) is 0 Å². The lowest BCUT2D eigenvalue weighted by Gasteiger charge is -2.11. The fourth-order valence-corrected chi connectivity index (χ4v) is 2.10. The molecular formula is C17H21N. The van der Waals surface area contributed by atoms with Crippen molar-refractivity contribution in [1.29, 1.82) is 0 Å². The monoisotopic (exact) mass is 239 g/mol. The van der Waals surface area contributed by atoms with Gasteiger partial charge < -0.3 is 5.73 Å². The molecule has 0 aliphatic rings. The summed E-state index contributed by atoms with van der Waals surface area (Å²) in [5.74, 6) is 0.579. The Morgan fingerprint density at radius 2 is 1.67 bits per heavy atom. The first-order valence-corrected chi connectivity index (χ1v) is 6.50. The molecule has 0 heterocycles. The van der Waals surface area contributed by atoms with E-state index in [9.17, 15) is 0 Å². The lowest BCUT2D eigenvalue weighted by Crippen LogP contribution is -1.96. The van der Waals surface area contributed by atoms with Crippen LogP contribution in [0.1, 0.15) is 42.0 Å². The van der Waals surface area contributed by atoms with Crippen LogP contribution in [0.25, 0.3) is 0 Å². The van der Waals surface area contributed by atoms with Crippen LogP contribution in [0.15, 0.2) is 42.5 Å². The number of hydrogen-bond acceptors (Lipinski definition) is 1. The molecule has 0 saturated heterocycles. The van der Waals surface area contributed by atoms with Crippen molar-refractivity contribution < 1.29 is 0 Å². The molecule has 2 aromatic rings. The minimum absolute atomic E-state index is 0.579. The summed E-state index contributed by atoms with van der Waals surface area (Å²) in [6, 6.07) is 14.9. The van der Waals surface area contributed by atoms with Gasteiger partial charge in [0.15, 0.2) is 0 Å². The van der Waals surface area contributed by atoms with E-state index in [1.165, 1.54) is 22.3 Å². The molecule has 0 atom stereocenters. The highest BCUT2D eigenvalue weighted by Crippen LogP contribution is 2.21. The van der Waals surface area contributed by atoms with Crippen LogP contribution in [0, 0.1) is 6.92 Å². The van der Waals surface area contributed by atoms with E-state index in [1.54, 1.807) is 0 Å². The smallest absolute Gasteiger partial charge is 0.0314 e. The fourth-order valence-electron chi connectivity index (χ4n) is 2.10. The molecule has 0 fully saturated rings. The summed E-state index contributed by atoms with van der Waals surface area (Å²) in [4.78, 5) is 0. The van der Waals surface area contributed by atoms with Gasteiger partial charge in [-0.2, -0.15) is 0 Å². The quantitative estimate of drug-likeness (QED) is 0.794. The fraction of sp³-hybridized carbons (Fsp3) is 0.294. The molecule has 0 spiro atoms. The topological polar surface area (TPSA) is 26.0 Å². The average Bonchev–Trinajstić information content (AvgIpc) is 2.34. The highest BCUT2D eigenvalue weighted by Gasteiger charge is 2.04. The molecule has 94 valence electrons. The Hall–Kier alpha value is -1.76. The minimum Gasteiger partial charge on any atom is -0.399 e. The van der Waals surface area contributed by atoms with Crippen molar-refractivity contribution in [1.82, 2.24) is 0 Å². The Kier molecular flexibility index (Phi) is 3.71. The van der Waals surface area contributed by atoms with Crippen molar-refractivity contribution in [2.75, 3.05) is 5.73 Å². The minimum atomic E-state index is 0.579. The van der Waals surface area contributed by atoms with Gasteiger partial charge in [0.05, 0.1) is 0 Å². The van der Waals surface area contributed by atoms with Crippen LogP contribution >= 0.6 is 0 Å². The highest BCUT2D eigenvalue weighted by molar-refractivity contribution is 5.42. The van der Waals surface area contributed by atoms with Gasteiger partial charge in [-0.3, -0.25) is 0 Å². The summed E-state index contributed by atoms with van der Waals surface area (Å²) in [5.41, 5.74) is 12.0. The molecule has 0 saturated carbocycles.